The number of phenolic OH excluding ortho intramolecular Hbond substituents is 1. The molecule has 1 heterocycles. The smallest absolute Gasteiger partial charge is 0.161 e. The van der Waals surface area contributed by atoms with E-state index in [0.29, 0.717) is 18.3 Å². The van der Waals surface area contributed by atoms with Crippen LogP contribution in [0.5, 0.6) is 17.2 Å². The summed E-state index contributed by atoms with van der Waals surface area (Å²) in [7, 11) is 1.68. The second kappa shape index (κ2) is 7.79. The summed E-state index contributed by atoms with van der Waals surface area (Å²) in [6.07, 6.45) is 1.94. The molecule has 2 aromatic rings. The Hall–Kier alpha value is -2.20. The number of hydrogen-bond donors (Lipinski definition) is 2. The van der Waals surface area contributed by atoms with Crippen LogP contribution in [0.4, 0.5) is 0 Å². The maximum Gasteiger partial charge on any atom is 0.161 e. The van der Waals surface area contributed by atoms with E-state index in [-0.39, 0.29) is 6.04 Å². The average Bonchev–Trinajstić information content (AvgIpc) is 2.61. The number of rotatable bonds is 6. The van der Waals surface area contributed by atoms with Crippen molar-refractivity contribution < 1.29 is 14.6 Å². The van der Waals surface area contributed by atoms with E-state index in [1.54, 1.807) is 13.2 Å². The zero-order valence-corrected chi connectivity index (χ0v) is 15.2. The highest BCUT2D eigenvalue weighted by Crippen LogP contribution is 2.35. The van der Waals surface area contributed by atoms with Gasteiger partial charge in [-0.15, -0.1) is 0 Å². The fourth-order valence-electron chi connectivity index (χ4n) is 3.24. The Morgan fingerprint density at radius 2 is 2.00 bits per heavy atom. The summed E-state index contributed by atoms with van der Waals surface area (Å²) in [5.41, 5.74) is 3.54. The largest absolute Gasteiger partial charge is 0.508 e. The number of fused-ring (bicyclic) bond motifs is 1. The molecule has 0 saturated carbocycles. The molecule has 1 aliphatic rings. The first-order valence-electron chi connectivity index (χ1n) is 8.94. The molecule has 2 N–H and O–H groups in total. The van der Waals surface area contributed by atoms with Gasteiger partial charge in [-0.05, 0) is 59.7 Å². The van der Waals surface area contributed by atoms with Crippen LogP contribution in [0.1, 0.15) is 43.0 Å². The Balaban J connectivity index is 1.84. The monoisotopic (exact) mass is 341 g/mol. The molecule has 0 aromatic heterocycles. The second-order valence-electron chi connectivity index (χ2n) is 6.96. The fraction of sp³-hybridized carbons (Fsp3) is 0.429. The van der Waals surface area contributed by atoms with E-state index in [2.05, 4.69) is 25.2 Å². The quantitative estimate of drug-likeness (QED) is 0.832. The lowest BCUT2D eigenvalue weighted by Crippen LogP contribution is -2.30. The second-order valence-corrected chi connectivity index (χ2v) is 6.96. The van der Waals surface area contributed by atoms with Gasteiger partial charge in [-0.25, -0.2) is 0 Å². The summed E-state index contributed by atoms with van der Waals surface area (Å²) in [5.74, 6) is 2.48. The van der Waals surface area contributed by atoms with Crippen LogP contribution in [-0.4, -0.2) is 25.4 Å². The van der Waals surface area contributed by atoms with Crippen molar-refractivity contribution in [1.82, 2.24) is 5.32 Å². The standard InChI is InChI=1S/C21H27NO3/c1-14(2)9-11-25-19-7-4-16(13-20(19)24-3)21-18-6-5-17(23)12-15(18)8-10-22-21/h4-7,12-14,21-23H,8-11H2,1-3H3. The van der Waals surface area contributed by atoms with Gasteiger partial charge in [0.05, 0.1) is 19.8 Å². The molecule has 1 aliphatic heterocycles. The molecule has 0 aliphatic carbocycles. The minimum atomic E-state index is 0.1000. The van der Waals surface area contributed by atoms with Crippen LogP contribution in [0.2, 0.25) is 0 Å². The van der Waals surface area contributed by atoms with Crippen molar-refractivity contribution in [2.45, 2.75) is 32.7 Å². The SMILES string of the molecule is COc1cc(C2NCCc3cc(O)ccc32)ccc1OCCC(C)C. The van der Waals surface area contributed by atoms with Crippen molar-refractivity contribution in [2.75, 3.05) is 20.3 Å². The first-order chi connectivity index (χ1) is 12.1. The lowest BCUT2D eigenvalue weighted by Gasteiger charge is -2.28. The zero-order chi connectivity index (χ0) is 17.8. The summed E-state index contributed by atoms with van der Waals surface area (Å²) < 4.78 is 11.4. The Labute approximate surface area is 149 Å². The highest BCUT2D eigenvalue weighted by molar-refractivity contribution is 5.48. The minimum Gasteiger partial charge on any atom is -0.508 e. The normalized spacial score (nSPS) is 16.6. The number of aromatic hydroxyl groups is 1. The Kier molecular flexibility index (Phi) is 5.49. The molecule has 25 heavy (non-hydrogen) atoms. The maximum atomic E-state index is 9.73. The molecular formula is C21H27NO3. The molecule has 1 atom stereocenters. The highest BCUT2D eigenvalue weighted by Gasteiger charge is 2.22. The third kappa shape index (κ3) is 4.07. The third-order valence-corrected chi connectivity index (χ3v) is 4.65. The summed E-state index contributed by atoms with van der Waals surface area (Å²) in [6, 6.07) is 11.8. The van der Waals surface area contributed by atoms with Crippen LogP contribution in [-0.2, 0) is 6.42 Å². The van der Waals surface area contributed by atoms with Gasteiger partial charge in [0.1, 0.15) is 5.75 Å². The van der Waals surface area contributed by atoms with Gasteiger partial charge in [-0.3, -0.25) is 0 Å². The van der Waals surface area contributed by atoms with E-state index >= 15 is 0 Å². The molecule has 0 radical (unpaired) electrons. The van der Waals surface area contributed by atoms with Crippen molar-refractivity contribution in [3.8, 4) is 17.2 Å². The van der Waals surface area contributed by atoms with Gasteiger partial charge < -0.3 is 19.9 Å². The van der Waals surface area contributed by atoms with Gasteiger partial charge in [0.15, 0.2) is 11.5 Å². The van der Waals surface area contributed by atoms with Crippen LogP contribution in [0, 0.1) is 5.92 Å². The molecule has 4 heteroatoms. The molecule has 0 fully saturated rings. The van der Waals surface area contributed by atoms with Crippen LogP contribution < -0.4 is 14.8 Å². The van der Waals surface area contributed by atoms with E-state index in [4.69, 9.17) is 9.47 Å². The van der Waals surface area contributed by atoms with E-state index in [1.165, 1.54) is 11.1 Å². The number of nitrogens with one attached hydrogen (secondary N) is 1. The lowest BCUT2D eigenvalue weighted by atomic mass is 9.89. The molecular weight excluding hydrogens is 314 g/mol. The van der Waals surface area contributed by atoms with Gasteiger partial charge in [0, 0.05) is 6.54 Å². The maximum absolute atomic E-state index is 9.73. The van der Waals surface area contributed by atoms with Crippen LogP contribution in [0.3, 0.4) is 0 Å². The summed E-state index contributed by atoms with van der Waals surface area (Å²) in [4.78, 5) is 0. The minimum absolute atomic E-state index is 0.1000. The van der Waals surface area contributed by atoms with Gasteiger partial charge in [0.2, 0.25) is 0 Å². The predicted molar refractivity (Wildman–Crippen MR) is 99.6 cm³/mol. The van der Waals surface area contributed by atoms with E-state index < -0.39 is 0 Å². The number of benzene rings is 2. The topological polar surface area (TPSA) is 50.7 Å². The van der Waals surface area contributed by atoms with E-state index in [1.807, 2.05) is 24.3 Å². The molecule has 0 bridgehead atoms. The Morgan fingerprint density at radius 1 is 1.16 bits per heavy atom. The lowest BCUT2D eigenvalue weighted by molar-refractivity contribution is 0.272. The number of ether oxygens (including phenoxy) is 2. The van der Waals surface area contributed by atoms with E-state index in [9.17, 15) is 5.11 Å². The van der Waals surface area contributed by atoms with Crippen molar-refractivity contribution >= 4 is 0 Å². The molecule has 1 unspecified atom stereocenters. The van der Waals surface area contributed by atoms with Crippen molar-refractivity contribution in [3.05, 3.63) is 53.1 Å². The summed E-state index contributed by atoms with van der Waals surface area (Å²) in [5, 5.41) is 13.3. The van der Waals surface area contributed by atoms with Crippen molar-refractivity contribution in [2.24, 2.45) is 5.92 Å². The number of phenols is 1. The molecule has 0 saturated heterocycles. The predicted octanol–water partition coefficient (Wildman–Crippen LogP) is 4.06. The Bertz CT molecular complexity index is 727. The van der Waals surface area contributed by atoms with Crippen LogP contribution >= 0.6 is 0 Å². The molecule has 2 aromatic carbocycles. The molecule has 4 nitrogen and oxygen atoms in total. The van der Waals surface area contributed by atoms with Gasteiger partial charge in [-0.1, -0.05) is 26.0 Å². The average molecular weight is 341 g/mol. The summed E-state index contributed by atoms with van der Waals surface area (Å²) in [6.45, 7) is 5.95. The fourth-order valence-corrected chi connectivity index (χ4v) is 3.24. The zero-order valence-electron chi connectivity index (χ0n) is 15.2. The first kappa shape index (κ1) is 17.6. The first-order valence-corrected chi connectivity index (χ1v) is 8.94. The van der Waals surface area contributed by atoms with Gasteiger partial charge in [-0.2, -0.15) is 0 Å². The van der Waals surface area contributed by atoms with E-state index in [0.717, 1.165) is 36.4 Å². The third-order valence-electron chi connectivity index (χ3n) is 4.65. The number of methoxy groups -OCH3 is 1. The van der Waals surface area contributed by atoms with Crippen LogP contribution in [0.15, 0.2) is 36.4 Å². The molecule has 134 valence electrons. The Morgan fingerprint density at radius 3 is 2.76 bits per heavy atom. The highest BCUT2D eigenvalue weighted by atomic mass is 16.5. The van der Waals surface area contributed by atoms with Gasteiger partial charge in [0.25, 0.3) is 0 Å². The van der Waals surface area contributed by atoms with Crippen LogP contribution in [0.25, 0.3) is 0 Å². The molecule has 0 amide bonds. The molecule has 0 spiro atoms. The van der Waals surface area contributed by atoms with Crippen molar-refractivity contribution in [3.63, 3.8) is 0 Å². The number of hydrogen-bond acceptors (Lipinski definition) is 4. The summed E-state index contributed by atoms with van der Waals surface area (Å²) >= 11 is 0. The van der Waals surface area contributed by atoms with Crippen molar-refractivity contribution in [1.29, 1.82) is 0 Å². The van der Waals surface area contributed by atoms with Gasteiger partial charge >= 0.3 is 0 Å². The molecule has 3 rings (SSSR count).